The van der Waals surface area contributed by atoms with Crippen molar-refractivity contribution in [3.05, 3.63) is 41.1 Å². The van der Waals surface area contributed by atoms with Crippen molar-refractivity contribution in [2.24, 2.45) is 0 Å². The lowest BCUT2D eigenvalue weighted by molar-refractivity contribution is 0.0526. The van der Waals surface area contributed by atoms with Crippen LogP contribution in [0.1, 0.15) is 48.3 Å². The van der Waals surface area contributed by atoms with Gasteiger partial charge in [-0.25, -0.2) is 4.79 Å². The molecule has 2 aromatic rings. The molecule has 0 unspecified atom stereocenters. The van der Waals surface area contributed by atoms with Crippen molar-refractivity contribution in [3.63, 3.8) is 0 Å². The lowest BCUT2D eigenvalue weighted by Gasteiger charge is -2.18. The van der Waals surface area contributed by atoms with Crippen LogP contribution < -0.4 is 0 Å². The SMILES string of the molecule is CCCCc1nn2c(c1C(=O)OCC)-c1ccccc1CC2. The van der Waals surface area contributed by atoms with Crippen molar-refractivity contribution in [1.82, 2.24) is 9.78 Å². The maximum Gasteiger partial charge on any atom is 0.342 e. The summed E-state index contributed by atoms with van der Waals surface area (Å²) >= 11 is 0. The van der Waals surface area contributed by atoms with Gasteiger partial charge in [-0.3, -0.25) is 4.68 Å². The Labute approximate surface area is 131 Å². The van der Waals surface area contributed by atoms with Gasteiger partial charge in [0.2, 0.25) is 0 Å². The van der Waals surface area contributed by atoms with Crippen molar-refractivity contribution in [1.29, 1.82) is 0 Å². The normalized spacial score (nSPS) is 12.6. The van der Waals surface area contributed by atoms with E-state index in [1.165, 1.54) is 5.56 Å². The second kappa shape index (κ2) is 6.34. The van der Waals surface area contributed by atoms with Gasteiger partial charge in [-0.2, -0.15) is 5.10 Å². The van der Waals surface area contributed by atoms with Crippen molar-refractivity contribution in [2.75, 3.05) is 6.61 Å². The number of aromatic nitrogens is 2. The highest BCUT2D eigenvalue weighted by molar-refractivity contribution is 5.98. The Hall–Kier alpha value is -2.10. The van der Waals surface area contributed by atoms with E-state index in [2.05, 4.69) is 19.1 Å². The van der Waals surface area contributed by atoms with Crippen LogP contribution in [0.25, 0.3) is 11.3 Å². The molecule has 0 radical (unpaired) electrons. The standard InChI is InChI=1S/C18H22N2O2/c1-3-5-10-15-16(18(21)22-4-2)17-14-9-7-6-8-13(14)11-12-20(17)19-15/h6-9H,3-5,10-12H2,1-2H3. The highest BCUT2D eigenvalue weighted by atomic mass is 16.5. The van der Waals surface area contributed by atoms with Crippen LogP contribution in [0.15, 0.2) is 24.3 Å². The molecule has 0 saturated heterocycles. The molecule has 1 aromatic heterocycles. The first-order valence-electron chi connectivity index (χ1n) is 8.11. The molecular formula is C18H22N2O2. The number of aryl methyl sites for hydroxylation is 3. The van der Waals surface area contributed by atoms with E-state index in [0.717, 1.165) is 49.2 Å². The minimum absolute atomic E-state index is 0.244. The van der Waals surface area contributed by atoms with Gasteiger partial charge in [0.1, 0.15) is 5.56 Å². The van der Waals surface area contributed by atoms with E-state index in [1.807, 2.05) is 23.7 Å². The van der Waals surface area contributed by atoms with Crippen LogP contribution in [0, 0.1) is 0 Å². The second-order valence-corrected chi connectivity index (χ2v) is 5.62. The molecule has 116 valence electrons. The fraction of sp³-hybridized carbons (Fsp3) is 0.444. The molecule has 0 fully saturated rings. The van der Waals surface area contributed by atoms with Gasteiger partial charge >= 0.3 is 5.97 Å². The van der Waals surface area contributed by atoms with Crippen LogP contribution in [-0.2, 0) is 24.1 Å². The molecule has 3 rings (SSSR count). The van der Waals surface area contributed by atoms with Gasteiger partial charge < -0.3 is 4.74 Å². The monoisotopic (exact) mass is 298 g/mol. The summed E-state index contributed by atoms with van der Waals surface area (Å²) in [5.41, 5.74) is 4.88. The molecule has 0 atom stereocenters. The molecule has 1 aliphatic rings. The minimum Gasteiger partial charge on any atom is -0.462 e. The predicted octanol–water partition coefficient (Wildman–Crippen LogP) is 3.63. The number of carbonyl (C=O) groups is 1. The van der Waals surface area contributed by atoms with Gasteiger partial charge in [-0.15, -0.1) is 0 Å². The zero-order valence-electron chi connectivity index (χ0n) is 13.3. The molecule has 1 aliphatic heterocycles. The maximum absolute atomic E-state index is 12.5. The molecule has 0 N–H and O–H groups in total. The number of nitrogens with zero attached hydrogens (tertiary/aromatic N) is 2. The number of hydrogen-bond acceptors (Lipinski definition) is 3. The summed E-state index contributed by atoms with van der Waals surface area (Å²) in [4.78, 5) is 12.5. The Morgan fingerprint density at radius 1 is 1.32 bits per heavy atom. The average molecular weight is 298 g/mol. The number of unbranched alkanes of at least 4 members (excludes halogenated alkanes) is 1. The summed E-state index contributed by atoms with van der Waals surface area (Å²) in [6.07, 6.45) is 3.90. The third-order valence-corrected chi connectivity index (χ3v) is 4.14. The molecule has 22 heavy (non-hydrogen) atoms. The summed E-state index contributed by atoms with van der Waals surface area (Å²) in [5, 5.41) is 4.71. The van der Waals surface area contributed by atoms with Crippen LogP contribution in [0.5, 0.6) is 0 Å². The van der Waals surface area contributed by atoms with Crippen LogP contribution in [0.4, 0.5) is 0 Å². The first-order chi connectivity index (χ1) is 10.8. The molecule has 0 saturated carbocycles. The van der Waals surface area contributed by atoms with Crippen LogP contribution in [0.2, 0.25) is 0 Å². The lowest BCUT2D eigenvalue weighted by Crippen LogP contribution is -2.14. The first-order valence-corrected chi connectivity index (χ1v) is 8.11. The summed E-state index contributed by atoms with van der Waals surface area (Å²) in [7, 11) is 0. The number of esters is 1. The van der Waals surface area contributed by atoms with E-state index < -0.39 is 0 Å². The summed E-state index contributed by atoms with van der Waals surface area (Å²) in [6, 6.07) is 8.27. The van der Waals surface area contributed by atoms with E-state index >= 15 is 0 Å². The number of fused-ring (bicyclic) bond motifs is 3. The molecule has 0 amide bonds. The Morgan fingerprint density at radius 3 is 2.91 bits per heavy atom. The van der Waals surface area contributed by atoms with Crippen LogP contribution in [0.3, 0.4) is 0 Å². The van der Waals surface area contributed by atoms with Gasteiger partial charge in [-0.1, -0.05) is 37.6 Å². The highest BCUT2D eigenvalue weighted by Crippen LogP contribution is 2.34. The molecular weight excluding hydrogens is 276 g/mol. The first kappa shape index (κ1) is 14.8. The Kier molecular flexibility index (Phi) is 4.27. The Bertz CT molecular complexity index is 688. The van der Waals surface area contributed by atoms with E-state index in [-0.39, 0.29) is 5.97 Å². The Balaban J connectivity index is 2.13. The lowest BCUT2D eigenvalue weighted by atomic mass is 9.95. The van der Waals surface area contributed by atoms with E-state index in [0.29, 0.717) is 12.2 Å². The van der Waals surface area contributed by atoms with E-state index in [1.54, 1.807) is 0 Å². The van der Waals surface area contributed by atoms with Crippen molar-refractivity contribution in [3.8, 4) is 11.3 Å². The maximum atomic E-state index is 12.5. The van der Waals surface area contributed by atoms with Gasteiger partial charge in [0.05, 0.1) is 18.0 Å². The number of rotatable bonds is 5. The molecule has 1 aromatic carbocycles. The quantitative estimate of drug-likeness (QED) is 0.792. The number of benzene rings is 1. The highest BCUT2D eigenvalue weighted by Gasteiger charge is 2.28. The largest absolute Gasteiger partial charge is 0.462 e. The fourth-order valence-corrected chi connectivity index (χ4v) is 3.08. The summed E-state index contributed by atoms with van der Waals surface area (Å²) < 4.78 is 7.28. The van der Waals surface area contributed by atoms with Gasteiger partial charge in [0.15, 0.2) is 0 Å². The molecule has 4 heteroatoms. The number of carbonyl (C=O) groups excluding carboxylic acids is 1. The molecule has 0 bridgehead atoms. The molecule has 0 aliphatic carbocycles. The third kappa shape index (κ3) is 2.54. The molecule has 4 nitrogen and oxygen atoms in total. The average Bonchev–Trinajstić information content (AvgIpc) is 2.92. The van der Waals surface area contributed by atoms with Crippen molar-refractivity contribution < 1.29 is 9.53 Å². The third-order valence-electron chi connectivity index (χ3n) is 4.14. The second-order valence-electron chi connectivity index (χ2n) is 5.62. The van der Waals surface area contributed by atoms with Crippen molar-refractivity contribution in [2.45, 2.75) is 46.1 Å². The molecule has 2 heterocycles. The topological polar surface area (TPSA) is 44.1 Å². The van der Waals surface area contributed by atoms with E-state index in [9.17, 15) is 4.79 Å². The van der Waals surface area contributed by atoms with Gasteiger partial charge in [-0.05, 0) is 31.7 Å². The Morgan fingerprint density at radius 2 is 2.14 bits per heavy atom. The van der Waals surface area contributed by atoms with Crippen LogP contribution in [-0.4, -0.2) is 22.4 Å². The number of hydrogen-bond donors (Lipinski definition) is 0. The zero-order valence-corrected chi connectivity index (χ0v) is 13.3. The minimum atomic E-state index is -0.244. The molecule has 0 spiro atoms. The summed E-state index contributed by atoms with van der Waals surface area (Å²) in [6.45, 7) is 5.20. The summed E-state index contributed by atoms with van der Waals surface area (Å²) in [5.74, 6) is -0.244. The predicted molar refractivity (Wildman–Crippen MR) is 85.9 cm³/mol. The zero-order chi connectivity index (χ0) is 15.5. The van der Waals surface area contributed by atoms with Crippen molar-refractivity contribution >= 4 is 5.97 Å². The van der Waals surface area contributed by atoms with Gasteiger partial charge in [0, 0.05) is 12.1 Å². The fourth-order valence-electron chi connectivity index (χ4n) is 3.08. The van der Waals surface area contributed by atoms with Crippen LogP contribution >= 0.6 is 0 Å². The smallest absolute Gasteiger partial charge is 0.342 e. The van der Waals surface area contributed by atoms with Gasteiger partial charge in [0.25, 0.3) is 0 Å². The number of ether oxygens (including phenoxy) is 1. The van der Waals surface area contributed by atoms with E-state index in [4.69, 9.17) is 9.84 Å².